The van der Waals surface area contributed by atoms with Crippen LogP contribution in [0.4, 0.5) is 0 Å². The molecule has 0 bridgehead atoms. The second kappa shape index (κ2) is 6.28. The number of rotatable bonds is 4. The molecule has 1 saturated heterocycles. The Morgan fingerprint density at radius 2 is 1.76 bits per heavy atom. The van der Waals surface area contributed by atoms with Crippen molar-refractivity contribution in [2.45, 2.75) is 4.90 Å². The van der Waals surface area contributed by atoms with Crippen molar-refractivity contribution in [2.24, 2.45) is 0 Å². The lowest BCUT2D eigenvalue weighted by molar-refractivity contribution is 0.161. The molecule has 0 aromatic heterocycles. The quantitative estimate of drug-likeness (QED) is 0.826. The van der Waals surface area contributed by atoms with Crippen molar-refractivity contribution in [1.82, 2.24) is 9.80 Å². The molecule has 1 aliphatic heterocycles. The minimum atomic E-state index is 0.341. The van der Waals surface area contributed by atoms with E-state index in [-0.39, 0.29) is 0 Å². The maximum absolute atomic E-state index is 9.19. The molecule has 0 aliphatic carbocycles. The molecule has 0 saturated carbocycles. The Hall–Kier alpha value is -0.710. The summed E-state index contributed by atoms with van der Waals surface area (Å²) in [5, 5.41) is 9.19. The molecule has 4 heteroatoms. The van der Waals surface area contributed by atoms with Crippen LogP contribution in [-0.2, 0) is 0 Å². The van der Waals surface area contributed by atoms with Crippen LogP contribution in [0.1, 0.15) is 0 Å². The van der Waals surface area contributed by atoms with E-state index in [9.17, 15) is 5.11 Å². The summed E-state index contributed by atoms with van der Waals surface area (Å²) in [5.74, 6) is 1.46. The van der Waals surface area contributed by atoms with Crippen molar-refractivity contribution in [2.75, 3.05) is 45.5 Å². The molecule has 0 radical (unpaired) electrons. The zero-order valence-corrected chi connectivity index (χ0v) is 11.1. The lowest BCUT2D eigenvalue weighted by atomic mass is 10.3. The fourth-order valence-corrected chi connectivity index (χ4v) is 2.82. The average Bonchev–Trinajstić information content (AvgIpc) is 2.34. The highest BCUT2D eigenvalue weighted by Crippen LogP contribution is 2.20. The predicted molar refractivity (Wildman–Crippen MR) is 72.8 cm³/mol. The van der Waals surface area contributed by atoms with Crippen LogP contribution in [0.2, 0.25) is 0 Å². The monoisotopic (exact) mass is 252 g/mol. The summed E-state index contributed by atoms with van der Waals surface area (Å²) in [6.45, 7) is 5.90. The summed E-state index contributed by atoms with van der Waals surface area (Å²) < 4.78 is 0. The smallest absolute Gasteiger partial charge is 0.115 e. The largest absolute Gasteiger partial charge is 0.508 e. The van der Waals surface area contributed by atoms with E-state index in [1.165, 1.54) is 31.1 Å². The molecular weight excluding hydrogens is 232 g/mol. The molecule has 0 amide bonds. The highest BCUT2D eigenvalue weighted by molar-refractivity contribution is 7.99. The molecule has 2 rings (SSSR count). The number of benzene rings is 1. The summed E-state index contributed by atoms with van der Waals surface area (Å²) in [7, 11) is 2.18. The van der Waals surface area contributed by atoms with E-state index in [1.54, 1.807) is 12.1 Å². The number of hydrogen-bond acceptors (Lipinski definition) is 4. The number of hydrogen-bond donors (Lipinski definition) is 1. The number of piperazine rings is 1. The summed E-state index contributed by atoms with van der Waals surface area (Å²) in [5.41, 5.74) is 0. The van der Waals surface area contributed by atoms with Gasteiger partial charge < -0.3 is 10.0 Å². The molecule has 1 aromatic rings. The summed E-state index contributed by atoms with van der Waals surface area (Å²) in [4.78, 5) is 6.13. The Kier molecular flexibility index (Phi) is 4.71. The number of thioether (sulfide) groups is 1. The Morgan fingerprint density at radius 1 is 1.12 bits per heavy atom. The van der Waals surface area contributed by atoms with Gasteiger partial charge >= 0.3 is 0 Å². The molecule has 1 aromatic carbocycles. The Morgan fingerprint density at radius 3 is 2.41 bits per heavy atom. The third-order valence-electron chi connectivity index (χ3n) is 3.11. The van der Waals surface area contributed by atoms with Gasteiger partial charge in [0.05, 0.1) is 0 Å². The third kappa shape index (κ3) is 4.22. The van der Waals surface area contributed by atoms with E-state index >= 15 is 0 Å². The second-order valence-electron chi connectivity index (χ2n) is 4.49. The van der Waals surface area contributed by atoms with Gasteiger partial charge in [0.1, 0.15) is 5.75 Å². The molecule has 94 valence electrons. The zero-order valence-electron chi connectivity index (χ0n) is 10.3. The first-order valence-corrected chi connectivity index (χ1v) is 7.05. The highest BCUT2D eigenvalue weighted by atomic mass is 32.2. The molecule has 0 spiro atoms. The molecule has 3 nitrogen and oxygen atoms in total. The lowest BCUT2D eigenvalue weighted by Gasteiger charge is -2.32. The van der Waals surface area contributed by atoms with Crippen LogP contribution in [0.15, 0.2) is 29.2 Å². The molecular formula is C13H20N2OS. The van der Waals surface area contributed by atoms with E-state index in [0.29, 0.717) is 5.75 Å². The SMILES string of the molecule is CN1CCN(CCSc2ccc(O)cc2)CC1. The van der Waals surface area contributed by atoms with E-state index in [0.717, 1.165) is 12.3 Å². The standard InChI is InChI=1S/C13H20N2OS/c1-14-6-8-15(9-7-14)10-11-17-13-4-2-12(16)3-5-13/h2-5,16H,6-11H2,1H3. The van der Waals surface area contributed by atoms with Crippen molar-refractivity contribution in [1.29, 1.82) is 0 Å². The fraction of sp³-hybridized carbons (Fsp3) is 0.538. The van der Waals surface area contributed by atoms with Crippen LogP contribution in [0, 0.1) is 0 Å². The first-order chi connectivity index (χ1) is 8.24. The molecule has 17 heavy (non-hydrogen) atoms. The van der Waals surface area contributed by atoms with Crippen molar-refractivity contribution in [3.63, 3.8) is 0 Å². The van der Waals surface area contributed by atoms with Crippen LogP contribution in [-0.4, -0.2) is 60.4 Å². The minimum Gasteiger partial charge on any atom is -0.508 e. The first-order valence-electron chi connectivity index (χ1n) is 6.07. The number of aromatic hydroxyl groups is 1. The van der Waals surface area contributed by atoms with Gasteiger partial charge in [-0.2, -0.15) is 0 Å². The Balaban J connectivity index is 1.67. The predicted octanol–water partition coefficient (Wildman–Crippen LogP) is 1.73. The molecule has 0 unspecified atom stereocenters. The third-order valence-corrected chi connectivity index (χ3v) is 4.10. The molecule has 1 aliphatic rings. The van der Waals surface area contributed by atoms with Gasteiger partial charge in [-0.3, -0.25) is 4.90 Å². The van der Waals surface area contributed by atoms with E-state index in [1.807, 2.05) is 23.9 Å². The normalized spacial score (nSPS) is 18.4. The van der Waals surface area contributed by atoms with Crippen LogP contribution >= 0.6 is 11.8 Å². The average molecular weight is 252 g/mol. The number of nitrogens with zero attached hydrogens (tertiary/aromatic N) is 2. The first kappa shape index (κ1) is 12.7. The van der Waals surface area contributed by atoms with Gasteiger partial charge in [-0.1, -0.05) is 0 Å². The Labute approximate surface area is 107 Å². The summed E-state index contributed by atoms with van der Waals surface area (Å²) >= 11 is 1.86. The Bertz CT molecular complexity index is 334. The topological polar surface area (TPSA) is 26.7 Å². The van der Waals surface area contributed by atoms with Crippen LogP contribution in [0.25, 0.3) is 0 Å². The number of phenols is 1. The van der Waals surface area contributed by atoms with Crippen molar-refractivity contribution < 1.29 is 5.11 Å². The van der Waals surface area contributed by atoms with Gasteiger partial charge in [-0.05, 0) is 31.3 Å². The van der Waals surface area contributed by atoms with Crippen LogP contribution < -0.4 is 0 Å². The maximum atomic E-state index is 9.19. The highest BCUT2D eigenvalue weighted by Gasteiger charge is 2.12. The van der Waals surface area contributed by atoms with Crippen molar-refractivity contribution in [3.05, 3.63) is 24.3 Å². The maximum Gasteiger partial charge on any atom is 0.115 e. The van der Waals surface area contributed by atoms with Gasteiger partial charge in [0.2, 0.25) is 0 Å². The van der Waals surface area contributed by atoms with E-state index in [4.69, 9.17) is 0 Å². The van der Waals surface area contributed by atoms with E-state index < -0.39 is 0 Å². The van der Waals surface area contributed by atoms with Crippen LogP contribution in [0.3, 0.4) is 0 Å². The van der Waals surface area contributed by atoms with Gasteiger partial charge in [-0.25, -0.2) is 0 Å². The van der Waals surface area contributed by atoms with Gasteiger partial charge in [0.15, 0.2) is 0 Å². The van der Waals surface area contributed by atoms with Gasteiger partial charge in [-0.15, -0.1) is 11.8 Å². The fourth-order valence-electron chi connectivity index (χ4n) is 1.91. The van der Waals surface area contributed by atoms with Crippen molar-refractivity contribution in [3.8, 4) is 5.75 Å². The minimum absolute atomic E-state index is 0.341. The lowest BCUT2D eigenvalue weighted by Crippen LogP contribution is -2.45. The van der Waals surface area contributed by atoms with Crippen LogP contribution in [0.5, 0.6) is 5.75 Å². The molecule has 0 atom stereocenters. The molecule has 1 heterocycles. The summed E-state index contributed by atoms with van der Waals surface area (Å²) in [6.07, 6.45) is 0. The molecule has 1 fully saturated rings. The number of likely N-dealkylation sites (N-methyl/N-ethyl adjacent to an activating group) is 1. The van der Waals surface area contributed by atoms with E-state index in [2.05, 4.69) is 16.8 Å². The molecule has 1 N–H and O–H groups in total. The number of phenolic OH excluding ortho intramolecular Hbond substituents is 1. The second-order valence-corrected chi connectivity index (χ2v) is 5.66. The summed E-state index contributed by atoms with van der Waals surface area (Å²) in [6, 6.07) is 7.45. The van der Waals surface area contributed by atoms with Gasteiger partial charge in [0, 0.05) is 43.4 Å². The van der Waals surface area contributed by atoms with Crippen molar-refractivity contribution >= 4 is 11.8 Å². The van der Waals surface area contributed by atoms with Gasteiger partial charge in [0.25, 0.3) is 0 Å². The zero-order chi connectivity index (χ0) is 12.1.